The van der Waals surface area contributed by atoms with Gasteiger partial charge in [-0.05, 0) is 43.8 Å². The highest BCUT2D eigenvalue weighted by molar-refractivity contribution is 7.80. The molecule has 0 amide bonds. The van der Waals surface area contributed by atoms with Crippen LogP contribution in [0.4, 0.5) is 11.5 Å². The minimum atomic E-state index is -0.306. The number of hydrogen-bond donors (Lipinski definition) is 1. The molecule has 0 radical (unpaired) electrons. The standard InChI is InChI=1S/C28H29N5OS/c1-28(2)17-22-23(18-29)26(31-25(24(22)19-34-28)20-9-5-3-6-10-20)32-13-15-33(16-14-32)27(35)30-21-11-7-4-8-12-21/h3-12H,13-17,19H2,1-2H3,(H,30,35)/p+1. The molecule has 3 aromatic rings. The van der Waals surface area contributed by atoms with Crippen molar-refractivity contribution in [3.63, 3.8) is 0 Å². The number of para-hydroxylation sites is 1. The minimum Gasteiger partial charge on any atom is -0.370 e. The monoisotopic (exact) mass is 484 g/mol. The van der Waals surface area contributed by atoms with E-state index in [0.717, 1.165) is 70.7 Å². The second-order valence-electron chi connectivity index (χ2n) is 9.65. The van der Waals surface area contributed by atoms with E-state index in [-0.39, 0.29) is 5.60 Å². The second kappa shape index (κ2) is 9.65. The Morgan fingerprint density at radius 3 is 2.31 bits per heavy atom. The van der Waals surface area contributed by atoms with Crippen molar-refractivity contribution in [2.45, 2.75) is 32.5 Å². The Labute approximate surface area is 212 Å². The van der Waals surface area contributed by atoms with Crippen molar-refractivity contribution in [2.24, 2.45) is 0 Å². The Kier molecular flexibility index (Phi) is 6.42. The Morgan fingerprint density at radius 2 is 1.66 bits per heavy atom. The molecule has 0 atom stereocenters. The lowest BCUT2D eigenvalue weighted by atomic mass is 9.86. The second-order valence-corrected chi connectivity index (χ2v) is 10.0. The summed E-state index contributed by atoms with van der Waals surface area (Å²) >= 11 is 5.67. The van der Waals surface area contributed by atoms with Gasteiger partial charge in [0.2, 0.25) is 0 Å². The fourth-order valence-corrected chi connectivity index (χ4v) is 5.17. The molecule has 2 N–H and O–H groups in total. The molecular weight excluding hydrogens is 454 g/mol. The number of benzene rings is 2. The summed E-state index contributed by atoms with van der Waals surface area (Å²) in [6, 6.07) is 22.8. The lowest BCUT2D eigenvalue weighted by Crippen LogP contribution is -2.51. The van der Waals surface area contributed by atoms with Gasteiger partial charge in [0.1, 0.15) is 30.4 Å². The first-order valence-electron chi connectivity index (χ1n) is 12.0. The summed E-state index contributed by atoms with van der Waals surface area (Å²) in [6.07, 6.45) is 0.706. The fraction of sp³-hybridized carbons (Fsp3) is 0.321. The van der Waals surface area contributed by atoms with E-state index in [2.05, 4.69) is 52.2 Å². The molecular formula is C28H30N5OS+. The van der Waals surface area contributed by atoms with Crippen molar-refractivity contribution in [3.05, 3.63) is 77.4 Å². The number of nitrogens with one attached hydrogen (secondary N) is 2. The number of pyridine rings is 1. The SMILES string of the molecule is CC1(C)Cc2c(C#N)c(N3CCN(C(=S)Nc4ccccc4)CC3)[nH+]c(-c3ccccc3)c2CO1. The van der Waals surface area contributed by atoms with Gasteiger partial charge in [0, 0.05) is 23.2 Å². The molecule has 1 aromatic heterocycles. The number of fused-ring (bicyclic) bond motifs is 1. The summed E-state index contributed by atoms with van der Waals surface area (Å²) < 4.78 is 6.16. The average Bonchev–Trinajstić information content (AvgIpc) is 2.88. The quantitative estimate of drug-likeness (QED) is 0.556. The zero-order valence-electron chi connectivity index (χ0n) is 20.2. The van der Waals surface area contributed by atoms with Crippen LogP contribution in [0, 0.1) is 11.3 Å². The van der Waals surface area contributed by atoms with Gasteiger partial charge in [0.05, 0.1) is 25.3 Å². The van der Waals surface area contributed by atoms with Crippen LogP contribution in [0.5, 0.6) is 0 Å². The molecule has 2 aliphatic heterocycles. The molecule has 35 heavy (non-hydrogen) atoms. The van der Waals surface area contributed by atoms with E-state index in [1.807, 2.05) is 48.5 Å². The van der Waals surface area contributed by atoms with Crippen molar-refractivity contribution in [1.29, 1.82) is 5.26 Å². The van der Waals surface area contributed by atoms with Gasteiger partial charge < -0.3 is 15.0 Å². The summed E-state index contributed by atoms with van der Waals surface area (Å²) in [5.74, 6) is 0.893. The number of H-pyrrole nitrogens is 1. The number of nitrogens with zero attached hydrogens (tertiary/aromatic N) is 3. The van der Waals surface area contributed by atoms with Crippen LogP contribution in [0.2, 0.25) is 0 Å². The Balaban J connectivity index is 1.44. The summed E-state index contributed by atoms with van der Waals surface area (Å²) in [7, 11) is 0. The number of aromatic amines is 1. The number of piperazine rings is 1. The van der Waals surface area contributed by atoms with Crippen LogP contribution in [0.1, 0.15) is 30.5 Å². The van der Waals surface area contributed by atoms with Gasteiger partial charge in [-0.3, -0.25) is 4.90 Å². The summed E-state index contributed by atoms with van der Waals surface area (Å²) in [6.45, 7) is 7.78. The summed E-state index contributed by atoms with van der Waals surface area (Å²) in [4.78, 5) is 8.13. The number of hydrogen-bond acceptors (Lipinski definition) is 4. The maximum atomic E-state index is 10.3. The highest BCUT2D eigenvalue weighted by atomic mass is 32.1. The van der Waals surface area contributed by atoms with Crippen LogP contribution >= 0.6 is 12.2 Å². The third-order valence-corrected chi connectivity index (χ3v) is 7.10. The van der Waals surface area contributed by atoms with E-state index in [1.165, 1.54) is 0 Å². The van der Waals surface area contributed by atoms with Gasteiger partial charge in [0.25, 0.3) is 5.82 Å². The third-order valence-electron chi connectivity index (χ3n) is 6.74. The van der Waals surface area contributed by atoms with Gasteiger partial charge >= 0.3 is 0 Å². The number of nitriles is 1. The molecule has 3 heterocycles. The summed E-state index contributed by atoms with van der Waals surface area (Å²) in [5.41, 5.74) is 5.74. The number of thiocarbonyl (C=S) groups is 1. The Morgan fingerprint density at radius 1 is 1.00 bits per heavy atom. The topological polar surface area (TPSA) is 65.7 Å². The molecule has 2 aromatic carbocycles. The predicted molar refractivity (Wildman–Crippen MR) is 142 cm³/mol. The van der Waals surface area contributed by atoms with Crippen molar-refractivity contribution >= 4 is 28.8 Å². The minimum absolute atomic E-state index is 0.306. The van der Waals surface area contributed by atoms with Crippen molar-refractivity contribution < 1.29 is 9.72 Å². The lowest BCUT2D eigenvalue weighted by molar-refractivity contribution is -0.352. The van der Waals surface area contributed by atoms with Gasteiger partial charge in [-0.15, -0.1) is 0 Å². The molecule has 5 rings (SSSR count). The molecule has 0 bridgehead atoms. The van der Waals surface area contributed by atoms with Gasteiger partial charge in [0.15, 0.2) is 5.11 Å². The maximum Gasteiger partial charge on any atom is 0.293 e. The number of anilines is 2. The Hall–Kier alpha value is -3.47. The van der Waals surface area contributed by atoms with Crippen LogP contribution in [0.25, 0.3) is 11.3 Å². The molecule has 0 aliphatic carbocycles. The van der Waals surface area contributed by atoms with Gasteiger partial charge in [-0.2, -0.15) is 5.26 Å². The largest absolute Gasteiger partial charge is 0.370 e. The molecule has 0 spiro atoms. The fourth-order valence-electron chi connectivity index (χ4n) is 4.87. The van der Waals surface area contributed by atoms with E-state index in [4.69, 9.17) is 17.0 Å². The van der Waals surface area contributed by atoms with E-state index in [1.54, 1.807) is 0 Å². The van der Waals surface area contributed by atoms with Crippen LogP contribution in [-0.2, 0) is 17.8 Å². The first-order chi connectivity index (χ1) is 16.9. The third kappa shape index (κ3) is 4.86. The van der Waals surface area contributed by atoms with Crippen LogP contribution in [0.3, 0.4) is 0 Å². The predicted octanol–water partition coefficient (Wildman–Crippen LogP) is 4.41. The maximum absolute atomic E-state index is 10.3. The molecule has 1 saturated heterocycles. The highest BCUT2D eigenvalue weighted by Crippen LogP contribution is 2.37. The first-order valence-corrected chi connectivity index (χ1v) is 12.4. The molecule has 0 unspecified atom stereocenters. The van der Waals surface area contributed by atoms with Crippen LogP contribution in [0.15, 0.2) is 60.7 Å². The summed E-state index contributed by atoms with van der Waals surface area (Å²) in [5, 5.41) is 14.3. The van der Waals surface area contributed by atoms with Crippen LogP contribution in [-0.4, -0.2) is 41.8 Å². The van der Waals surface area contributed by atoms with Gasteiger partial charge in [-0.25, -0.2) is 4.98 Å². The smallest absolute Gasteiger partial charge is 0.293 e. The molecule has 6 nitrogen and oxygen atoms in total. The molecule has 0 saturated carbocycles. The van der Waals surface area contributed by atoms with Crippen molar-refractivity contribution in [1.82, 2.24) is 4.90 Å². The molecule has 178 valence electrons. The van der Waals surface area contributed by atoms with Crippen molar-refractivity contribution in [3.8, 4) is 17.3 Å². The lowest BCUT2D eigenvalue weighted by Gasteiger charge is -2.35. The number of aromatic nitrogens is 1. The van der Waals surface area contributed by atoms with Gasteiger partial charge in [-0.1, -0.05) is 48.5 Å². The Bertz CT molecular complexity index is 1260. The van der Waals surface area contributed by atoms with E-state index in [0.29, 0.717) is 13.0 Å². The molecule has 1 fully saturated rings. The van der Waals surface area contributed by atoms with E-state index < -0.39 is 0 Å². The number of ether oxygens (including phenoxy) is 1. The van der Waals surface area contributed by atoms with E-state index in [9.17, 15) is 5.26 Å². The first kappa shape index (κ1) is 23.3. The zero-order valence-corrected chi connectivity index (χ0v) is 21.0. The normalized spacial score (nSPS) is 16.8. The molecule has 2 aliphatic rings. The van der Waals surface area contributed by atoms with E-state index >= 15 is 0 Å². The zero-order chi connectivity index (χ0) is 24.4. The van der Waals surface area contributed by atoms with Crippen molar-refractivity contribution in [2.75, 3.05) is 36.4 Å². The number of rotatable bonds is 3. The molecule has 7 heteroatoms. The average molecular weight is 485 g/mol. The highest BCUT2D eigenvalue weighted by Gasteiger charge is 2.37. The van der Waals surface area contributed by atoms with Crippen LogP contribution < -0.4 is 15.2 Å².